The molecule has 1 fully saturated rings. The molecule has 0 saturated heterocycles. The van der Waals surface area contributed by atoms with Crippen molar-refractivity contribution in [1.29, 1.82) is 0 Å². The van der Waals surface area contributed by atoms with Gasteiger partial charge in [-0.3, -0.25) is 0 Å². The molecule has 0 aliphatic heterocycles. The van der Waals surface area contributed by atoms with Crippen molar-refractivity contribution in [3.63, 3.8) is 0 Å². The first-order valence-electron chi connectivity index (χ1n) is 7.79. The fraction of sp³-hybridized carbons (Fsp3) is 0.647. The molecule has 0 heterocycles. The van der Waals surface area contributed by atoms with Gasteiger partial charge in [-0.25, -0.2) is 0 Å². The normalized spacial score (nSPS) is 24.4. The molecule has 3 heteroatoms. The van der Waals surface area contributed by atoms with Gasteiger partial charge in [0.05, 0.1) is 11.6 Å². The molecular weight excluding hydrogens is 270 g/mol. The molecule has 20 heavy (non-hydrogen) atoms. The lowest BCUT2D eigenvalue weighted by Crippen LogP contribution is -2.28. The second kappa shape index (κ2) is 7.33. The van der Waals surface area contributed by atoms with Crippen LogP contribution in [0, 0.1) is 11.8 Å². The van der Waals surface area contributed by atoms with Gasteiger partial charge in [-0.1, -0.05) is 43.9 Å². The second-order valence-electron chi connectivity index (χ2n) is 5.89. The fourth-order valence-electron chi connectivity index (χ4n) is 3.52. The predicted molar refractivity (Wildman–Crippen MR) is 85.5 cm³/mol. The van der Waals surface area contributed by atoms with E-state index in [1.165, 1.54) is 31.2 Å². The molecular formula is C17H26ClNO. The standard InChI is InChI=1S/C17H26ClNO/c1-3-20-17-9-8-13(10-16(17)18)15(11-19)14-7-5-4-6-12(14)2/h8-10,12,14-15H,3-7,11,19H2,1-2H3. The van der Waals surface area contributed by atoms with E-state index >= 15 is 0 Å². The monoisotopic (exact) mass is 295 g/mol. The van der Waals surface area contributed by atoms with Gasteiger partial charge in [0, 0.05) is 0 Å². The third-order valence-corrected chi connectivity index (χ3v) is 4.93. The maximum atomic E-state index is 6.32. The van der Waals surface area contributed by atoms with Gasteiger partial charge in [0.1, 0.15) is 5.75 Å². The molecule has 1 aromatic rings. The zero-order valence-electron chi connectivity index (χ0n) is 12.6. The van der Waals surface area contributed by atoms with Crippen LogP contribution in [0.2, 0.25) is 5.02 Å². The van der Waals surface area contributed by atoms with Gasteiger partial charge < -0.3 is 10.5 Å². The Labute approximate surface area is 127 Å². The van der Waals surface area contributed by atoms with E-state index in [0.29, 0.717) is 30.0 Å². The van der Waals surface area contributed by atoms with Crippen LogP contribution in [0.1, 0.15) is 51.0 Å². The number of ether oxygens (including phenoxy) is 1. The van der Waals surface area contributed by atoms with E-state index in [-0.39, 0.29) is 0 Å². The minimum atomic E-state index is 0.415. The summed E-state index contributed by atoms with van der Waals surface area (Å²) in [6.07, 6.45) is 5.30. The lowest BCUT2D eigenvalue weighted by atomic mass is 9.71. The Balaban J connectivity index is 2.20. The molecule has 0 amide bonds. The number of hydrogen-bond acceptors (Lipinski definition) is 2. The molecule has 0 aromatic heterocycles. The van der Waals surface area contributed by atoms with Gasteiger partial charge >= 0.3 is 0 Å². The van der Waals surface area contributed by atoms with Crippen molar-refractivity contribution in [1.82, 2.24) is 0 Å². The van der Waals surface area contributed by atoms with Gasteiger partial charge in [-0.15, -0.1) is 0 Å². The largest absolute Gasteiger partial charge is 0.492 e. The Morgan fingerprint density at radius 1 is 1.35 bits per heavy atom. The zero-order valence-corrected chi connectivity index (χ0v) is 13.3. The highest BCUT2D eigenvalue weighted by atomic mass is 35.5. The van der Waals surface area contributed by atoms with Crippen molar-refractivity contribution in [2.45, 2.75) is 45.4 Å². The van der Waals surface area contributed by atoms with Gasteiger partial charge in [0.15, 0.2) is 0 Å². The van der Waals surface area contributed by atoms with Gasteiger partial charge in [0.25, 0.3) is 0 Å². The Hall–Kier alpha value is -0.730. The van der Waals surface area contributed by atoms with Crippen molar-refractivity contribution >= 4 is 11.6 Å². The van der Waals surface area contributed by atoms with E-state index in [0.717, 1.165) is 11.7 Å². The number of nitrogens with two attached hydrogens (primary N) is 1. The maximum Gasteiger partial charge on any atom is 0.137 e. The van der Waals surface area contributed by atoms with E-state index in [2.05, 4.69) is 13.0 Å². The third kappa shape index (κ3) is 3.48. The van der Waals surface area contributed by atoms with Crippen LogP contribution in [0.15, 0.2) is 18.2 Å². The quantitative estimate of drug-likeness (QED) is 0.861. The van der Waals surface area contributed by atoms with Crippen LogP contribution in [-0.2, 0) is 0 Å². The first-order valence-corrected chi connectivity index (χ1v) is 8.17. The minimum absolute atomic E-state index is 0.415. The maximum absolute atomic E-state index is 6.32. The van der Waals surface area contributed by atoms with Crippen LogP contribution in [-0.4, -0.2) is 13.2 Å². The highest BCUT2D eigenvalue weighted by Gasteiger charge is 2.29. The summed E-state index contributed by atoms with van der Waals surface area (Å²) in [6, 6.07) is 6.17. The van der Waals surface area contributed by atoms with Crippen LogP contribution >= 0.6 is 11.6 Å². The first kappa shape index (κ1) is 15.7. The molecule has 2 nitrogen and oxygen atoms in total. The summed E-state index contributed by atoms with van der Waals surface area (Å²) < 4.78 is 5.51. The van der Waals surface area contributed by atoms with E-state index < -0.39 is 0 Å². The molecule has 1 aliphatic rings. The lowest BCUT2D eigenvalue weighted by Gasteiger charge is -2.35. The summed E-state index contributed by atoms with van der Waals surface area (Å²) in [7, 11) is 0. The van der Waals surface area contributed by atoms with Gasteiger partial charge in [-0.05, 0) is 55.3 Å². The van der Waals surface area contributed by atoms with Crippen molar-refractivity contribution in [2.75, 3.05) is 13.2 Å². The topological polar surface area (TPSA) is 35.2 Å². The number of halogens is 1. The molecule has 0 bridgehead atoms. The molecule has 112 valence electrons. The Kier molecular flexibility index (Phi) is 5.74. The van der Waals surface area contributed by atoms with Crippen LogP contribution in [0.25, 0.3) is 0 Å². The average molecular weight is 296 g/mol. The van der Waals surface area contributed by atoms with Crippen LogP contribution in [0.5, 0.6) is 5.75 Å². The Morgan fingerprint density at radius 3 is 2.70 bits per heavy atom. The lowest BCUT2D eigenvalue weighted by molar-refractivity contribution is 0.218. The summed E-state index contributed by atoms with van der Waals surface area (Å²) in [6.45, 7) is 5.66. The SMILES string of the molecule is CCOc1ccc(C(CN)C2CCCCC2C)cc1Cl. The minimum Gasteiger partial charge on any atom is -0.492 e. The highest BCUT2D eigenvalue weighted by molar-refractivity contribution is 6.32. The molecule has 2 N–H and O–H groups in total. The van der Waals surface area contributed by atoms with Crippen LogP contribution in [0.3, 0.4) is 0 Å². The number of benzene rings is 1. The summed E-state index contributed by atoms with van der Waals surface area (Å²) in [5, 5.41) is 0.700. The summed E-state index contributed by atoms with van der Waals surface area (Å²) in [4.78, 5) is 0. The number of hydrogen-bond donors (Lipinski definition) is 1. The Bertz CT molecular complexity index is 435. The summed E-state index contributed by atoms with van der Waals surface area (Å²) in [5.41, 5.74) is 7.33. The molecule has 3 atom stereocenters. The van der Waals surface area contributed by atoms with Crippen molar-refractivity contribution in [3.05, 3.63) is 28.8 Å². The predicted octanol–water partition coefficient (Wildman–Crippen LogP) is 4.61. The first-order chi connectivity index (χ1) is 9.67. The molecule has 1 aliphatic carbocycles. The average Bonchev–Trinajstić information content (AvgIpc) is 2.45. The van der Waals surface area contributed by atoms with E-state index in [1.807, 2.05) is 19.1 Å². The molecule has 0 spiro atoms. The molecule has 0 radical (unpaired) electrons. The smallest absolute Gasteiger partial charge is 0.137 e. The van der Waals surface area contributed by atoms with E-state index in [4.69, 9.17) is 22.1 Å². The molecule has 2 rings (SSSR count). The molecule has 1 saturated carbocycles. The van der Waals surface area contributed by atoms with Crippen LogP contribution < -0.4 is 10.5 Å². The van der Waals surface area contributed by atoms with E-state index in [1.54, 1.807) is 0 Å². The van der Waals surface area contributed by atoms with Crippen LogP contribution in [0.4, 0.5) is 0 Å². The number of rotatable bonds is 5. The molecule has 3 unspecified atom stereocenters. The van der Waals surface area contributed by atoms with E-state index in [9.17, 15) is 0 Å². The van der Waals surface area contributed by atoms with Gasteiger partial charge in [-0.2, -0.15) is 0 Å². The van der Waals surface area contributed by atoms with Crippen molar-refractivity contribution in [2.24, 2.45) is 17.6 Å². The Morgan fingerprint density at radius 2 is 2.10 bits per heavy atom. The third-order valence-electron chi connectivity index (χ3n) is 4.63. The zero-order chi connectivity index (χ0) is 14.5. The second-order valence-corrected chi connectivity index (χ2v) is 6.30. The fourth-order valence-corrected chi connectivity index (χ4v) is 3.76. The van der Waals surface area contributed by atoms with Crippen molar-refractivity contribution in [3.8, 4) is 5.75 Å². The molecule has 1 aromatic carbocycles. The van der Waals surface area contributed by atoms with Gasteiger partial charge in [0.2, 0.25) is 0 Å². The summed E-state index contributed by atoms with van der Waals surface area (Å²) >= 11 is 6.32. The summed E-state index contributed by atoms with van der Waals surface area (Å²) in [5.74, 6) is 2.62. The van der Waals surface area contributed by atoms with Crippen molar-refractivity contribution < 1.29 is 4.74 Å². The highest BCUT2D eigenvalue weighted by Crippen LogP contribution is 2.40.